The van der Waals surface area contributed by atoms with Crippen molar-refractivity contribution in [1.82, 2.24) is 14.3 Å². The van der Waals surface area contributed by atoms with Crippen LogP contribution in [-0.4, -0.2) is 40.3 Å². The van der Waals surface area contributed by atoms with E-state index in [1.54, 1.807) is 19.2 Å². The van der Waals surface area contributed by atoms with Gasteiger partial charge in [0.1, 0.15) is 5.70 Å². The summed E-state index contributed by atoms with van der Waals surface area (Å²) in [4.78, 5) is 23.1. The van der Waals surface area contributed by atoms with Gasteiger partial charge >= 0.3 is 6.03 Å². The SMILES string of the molecule is C=N/C(=C\SC)c1nc2ccc(NC(=O)N(C)S)cc2[nH]1.CC.CC. The number of thioether (sulfide) groups is 1. The van der Waals surface area contributed by atoms with Gasteiger partial charge in [0.2, 0.25) is 0 Å². The van der Waals surface area contributed by atoms with Crippen LogP contribution in [-0.2, 0) is 0 Å². The van der Waals surface area contributed by atoms with Gasteiger partial charge < -0.3 is 10.3 Å². The number of benzene rings is 1. The van der Waals surface area contributed by atoms with Crippen molar-refractivity contribution in [3.63, 3.8) is 0 Å². The molecule has 0 spiro atoms. The van der Waals surface area contributed by atoms with Gasteiger partial charge in [0.15, 0.2) is 5.82 Å². The van der Waals surface area contributed by atoms with Gasteiger partial charge in [-0.25, -0.2) is 9.78 Å². The van der Waals surface area contributed by atoms with Crippen molar-refractivity contribution in [2.24, 2.45) is 4.99 Å². The van der Waals surface area contributed by atoms with E-state index in [-0.39, 0.29) is 6.03 Å². The number of aromatic nitrogens is 2. The summed E-state index contributed by atoms with van der Waals surface area (Å²) in [6.07, 6.45) is 1.94. The minimum atomic E-state index is -0.312. The number of hydrogen-bond donors (Lipinski definition) is 3. The number of amides is 2. The number of anilines is 1. The highest BCUT2D eigenvalue weighted by molar-refractivity contribution is 8.01. The number of hydrogen-bond acceptors (Lipinski definition) is 5. The molecule has 2 aromatic rings. The van der Waals surface area contributed by atoms with Gasteiger partial charge in [-0.3, -0.25) is 9.30 Å². The topological polar surface area (TPSA) is 73.4 Å². The monoisotopic (exact) mass is 381 g/mol. The first-order valence-corrected chi connectivity index (χ1v) is 9.67. The van der Waals surface area contributed by atoms with Crippen molar-refractivity contribution >= 4 is 59.7 Å². The summed E-state index contributed by atoms with van der Waals surface area (Å²) in [5, 5.41) is 4.58. The number of thiol groups is 1. The van der Waals surface area contributed by atoms with Crippen LogP contribution in [0.4, 0.5) is 10.5 Å². The zero-order valence-electron chi connectivity index (χ0n) is 15.6. The van der Waals surface area contributed by atoms with E-state index in [0.717, 1.165) is 11.0 Å². The van der Waals surface area contributed by atoms with Crippen molar-refractivity contribution < 1.29 is 4.79 Å². The van der Waals surface area contributed by atoms with Crippen LogP contribution >= 0.6 is 24.6 Å². The van der Waals surface area contributed by atoms with Crippen LogP contribution in [0.5, 0.6) is 0 Å². The van der Waals surface area contributed by atoms with Gasteiger partial charge in [0.05, 0.1) is 11.0 Å². The minimum Gasteiger partial charge on any atom is -0.337 e. The van der Waals surface area contributed by atoms with Gasteiger partial charge in [-0.2, -0.15) is 0 Å². The van der Waals surface area contributed by atoms with Crippen LogP contribution in [0.2, 0.25) is 0 Å². The molecule has 0 fully saturated rings. The smallest absolute Gasteiger partial charge is 0.331 e. The van der Waals surface area contributed by atoms with Crippen molar-refractivity contribution in [3.8, 4) is 0 Å². The Morgan fingerprint density at radius 2 is 2.04 bits per heavy atom. The lowest BCUT2D eigenvalue weighted by Crippen LogP contribution is -2.23. The summed E-state index contributed by atoms with van der Waals surface area (Å²) in [6, 6.07) is 5.10. The number of urea groups is 1. The van der Waals surface area contributed by atoms with Gasteiger partial charge in [0, 0.05) is 18.1 Å². The van der Waals surface area contributed by atoms with E-state index in [1.165, 1.54) is 16.1 Å². The van der Waals surface area contributed by atoms with Gasteiger partial charge in [-0.05, 0) is 31.2 Å². The fourth-order valence-corrected chi connectivity index (χ4v) is 2.15. The van der Waals surface area contributed by atoms with E-state index < -0.39 is 0 Å². The summed E-state index contributed by atoms with van der Waals surface area (Å²) in [7, 11) is 1.56. The van der Waals surface area contributed by atoms with Crippen LogP contribution < -0.4 is 5.32 Å². The molecule has 1 heterocycles. The number of nitrogens with one attached hydrogen (secondary N) is 2. The second-order valence-corrected chi connectivity index (χ2v) is 5.48. The molecule has 25 heavy (non-hydrogen) atoms. The number of imidazole rings is 1. The highest BCUT2D eigenvalue weighted by Gasteiger charge is 2.09. The summed E-state index contributed by atoms with van der Waals surface area (Å²) in [6.45, 7) is 11.5. The molecule has 8 heteroatoms. The molecule has 0 saturated heterocycles. The Kier molecular flexibility index (Phi) is 11.5. The van der Waals surface area contributed by atoms with E-state index in [0.29, 0.717) is 17.2 Å². The van der Waals surface area contributed by atoms with Crippen molar-refractivity contribution in [2.45, 2.75) is 27.7 Å². The predicted octanol–water partition coefficient (Wildman–Crippen LogP) is 5.29. The minimum absolute atomic E-state index is 0.312. The molecule has 0 aliphatic heterocycles. The molecule has 0 saturated carbocycles. The number of carbonyl (C=O) groups excluding carboxylic acids is 1. The standard InChI is InChI=1S/C13H15N5OS2.2C2H6/c1-14-11(7-21-3)12-16-9-5-4-8(6-10(9)17-12)15-13(19)18(2)20;2*1-2/h4-7,20H,1H2,2-3H3,(H,15,19)(H,16,17);2*1-2H3/b11-7-;;. The Balaban J connectivity index is 0.00000134. The van der Waals surface area contributed by atoms with Crippen LogP contribution in [0, 0.1) is 0 Å². The molecule has 138 valence electrons. The second kappa shape index (κ2) is 12.4. The third-order valence-electron chi connectivity index (χ3n) is 2.67. The van der Waals surface area contributed by atoms with E-state index in [1.807, 2.05) is 45.4 Å². The fourth-order valence-electron chi connectivity index (χ4n) is 1.69. The molecule has 2 N–H and O–H groups in total. The lowest BCUT2D eigenvalue weighted by atomic mass is 10.3. The molecule has 0 aliphatic carbocycles. The third kappa shape index (κ3) is 6.83. The maximum absolute atomic E-state index is 11.6. The summed E-state index contributed by atoms with van der Waals surface area (Å²) in [5.74, 6) is 0.643. The lowest BCUT2D eigenvalue weighted by Gasteiger charge is -2.10. The Morgan fingerprint density at radius 1 is 1.40 bits per heavy atom. The number of rotatable bonds is 4. The molecular weight excluding hydrogens is 354 g/mol. The predicted molar refractivity (Wildman–Crippen MR) is 116 cm³/mol. The molecule has 6 nitrogen and oxygen atoms in total. The first-order chi connectivity index (χ1) is 12.0. The number of H-pyrrole nitrogens is 1. The van der Waals surface area contributed by atoms with Crippen molar-refractivity contribution in [3.05, 3.63) is 29.4 Å². The Morgan fingerprint density at radius 3 is 2.56 bits per heavy atom. The van der Waals surface area contributed by atoms with Crippen LogP contribution in [0.25, 0.3) is 16.7 Å². The molecule has 2 amide bonds. The van der Waals surface area contributed by atoms with Gasteiger partial charge in [-0.1, -0.05) is 40.5 Å². The van der Waals surface area contributed by atoms with E-state index >= 15 is 0 Å². The molecule has 0 atom stereocenters. The van der Waals surface area contributed by atoms with Gasteiger partial charge in [0.25, 0.3) is 0 Å². The summed E-state index contributed by atoms with van der Waals surface area (Å²) >= 11 is 5.46. The molecule has 0 aliphatic rings. The van der Waals surface area contributed by atoms with Crippen LogP contribution in [0.1, 0.15) is 33.5 Å². The quantitative estimate of drug-likeness (QED) is 0.498. The first kappa shape index (κ1) is 23.1. The number of nitrogens with zero attached hydrogens (tertiary/aromatic N) is 3. The second-order valence-electron chi connectivity index (χ2n) is 4.17. The molecule has 1 aromatic carbocycles. The van der Waals surface area contributed by atoms with Crippen molar-refractivity contribution in [2.75, 3.05) is 18.6 Å². The third-order valence-corrected chi connectivity index (χ3v) is 3.31. The van der Waals surface area contributed by atoms with Crippen molar-refractivity contribution in [1.29, 1.82) is 0 Å². The Bertz CT molecular complexity index is 710. The highest BCUT2D eigenvalue weighted by atomic mass is 32.2. The molecule has 0 unspecified atom stereocenters. The average Bonchev–Trinajstić information content (AvgIpc) is 3.06. The van der Waals surface area contributed by atoms with Crippen LogP contribution in [0.15, 0.2) is 28.6 Å². The lowest BCUT2D eigenvalue weighted by molar-refractivity contribution is 0.243. The van der Waals surface area contributed by atoms with E-state index in [2.05, 4.69) is 39.8 Å². The number of carbonyl (C=O) groups is 1. The molecule has 0 radical (unpaired) electrons. The highest BCUT2D eigenvalue weighted by Crippen LogP contribution is 2.22. The fraction of sp³-hybridized carbons (Fsp3) is 0.353. The normalized spacial score (nSPS) is 10.1. The maximum atomic E-state index is 11.6. The number of aromatic amines is 1. The molecule has 2 rings (SSSR count). The largest absolute Gasteiger partial charge is 0.337 e. The Labute approximate surface area is 159 Å². The molecular formula is C17H27N5OS2. The zero-order valence-corrected chi connectivity index (χ0v) is 17.3. The first-order valence-electron chi connectivity index (χ1n) is 7.98. The van der Waals surface area contributed by atoms with E-state index in [9.17, 15) is 4.79 Å². The van der Waals surface area contributed by atoms with Gasteiger partial charge in [-0.15, -0.1) is 11.8 Å². The number of fused-ring (bicyclic) bond motifs is 1. The van der Waals surface area contributed by atoms with E-state index in [4.69, 9.17) is 0 Å². The maximum Gasteiger partial charge on any atom is 0.331 e. The molecule has 0 bridgehead atoms. The van der Waals surface area contributed by atoms with Crippen LogP contribution in [0.3, 0.4) is 0 Å². The molecule has 1 aromatic heterocycles. The number of aliphatic imine (C=N–C) groups is 1. The zero-order chi connectivity index (χ0) is 19.4. The average molecular weight is 382 g/mol. The summed E-state index contributed by atoms with van der Waals surface area (Å²) in [5.41, 5.74) is 2.93. The Hall–Kier alpha value is -1.93. The summed E-state index contributed by atoms with van der Waals surface area (Å²) < 4.78 is 1.17.